The lowest BCUT2D eigenvalue weighted by Gasteiger charge is -2.08. The Kier molecular flexibility index (Phi) is 3.35. The number of rotatable bonds is 2. The third kappa shape index (κ3) is 2.26. The molecular formula is C14H8BrClN2O3. The van der Waals surface area contributed by atoms with Crippen molar-refractivity contribution in [2.75, 3.05) is 0 Å². The van der Waals surface area contributed by atoms with E-state index in [0.717, 1.165) is 4.47 Å². The van der Waals surface area contributed by atoms with Crippen molar-refractivity contribution in [1.82, 2.24) is 9.55 Å². The Labute approximate surface area is 131 Å². The second kappa shape index (κ2) is 5.05. The number of hydrogen-bond donors (Lipinski definition) is 2. The molecule has 0 aliphatic rings. The number of nitrogens with zero attached hydrogens (tertiary/aromatic N) is 1. The summed E-state index contributed by atoms with van der Waals surface area (Å²) in [7, 11) is 0. The molecule has 3 aromatic rings. The van der Waals surface area contributed by atoms with Crippen LogP contribution in [0.15, 0.2) is 45.7 Å². The van der Waals surface area contributed by atoms with Gasteiger partial charge in [-0.3, -0.25) is 4.57 Å². The van der Waals surface area contributed by atoms with Gasteiger partial charge in [-0.15, -0.1) is 0 Å². The van der Waals surface area contributed by atoms with Gasteiger partial charge in [0.05, 0.1) is 27.3 Å². The Morgan fingerprint density at radius 2 is 2.05 bits per heavy atom. The number of carbonyl (C=O) groups is 1. The van der Waals surface area contributed by atoms with Gasteiger partial charge in [-0.05, 0) is 30.3 Å². The third-order valence-electron chi connectivity index (χ3n) is 3.08. The molecule has 0 bridgehead atoms. The van der Waals surface area contributed by atoms with Crippen LogP contribution in [0.3, 0.4) is 0 Å². The van der Waals surface area contributed by atoms with E-state index in [1.807, 2.05) is 0 Å². The minimum Gasteiger partial charge on any atom is -0.478 e. The van der Waals surface area contributed by atoms with E-state index in [1.54, 1.807) is 30.3 Å². The first-order valence-electron chi connectivity index (χ1n) is 5.91. The number of aromatic carboxylic acids is 1. The van der Waals surface area contributed by atoms with Crippen molar-refractivity contribution >= 4 is 44.5 Å². The fraction of sp³-hybridized carbons (Fsp3) is 0. The molecule has 0 amide bonds. The minimum atomic E-state index is -1.11. The lowest BCUT2D eigenvalue weighted by Crippen LogP contribution is -2.16. The standard InChI is InChI=1S/C14H8BrClN2O3/c15-7-4-5-9(16)11(6-7)18-12-8(13(19)20)2-1-3-10(12)17-14(18)21/h1-6H,(H,17,21)(H,19,20). The first kappa shape index (κ1) is 13.9. The zero-order chi connectivity index (χ0) is 15.1. The molecule has 2 aromatic carbocycles. The van der Waals surface area contributed by atoms with Crippen LogP contribution in [0.25, 0.3) is 16.7 Å². The van der Waals surface area contributed by atoms with Crippen LogP contribution in [0.4, 0.5) is 0 Å². The van der Waals surface area contributed by atoms with Crippen LogP contribution < -0.4 is 5.69 Å². The van der Waals surface area contributed by atoms with E-state index in [1.165, 1.54) is 10.6 Å². The average molecular weight is 368 g/mol. The van der Waals surface area contributed by atoms with E-state index >= 15 is 0 Å². The smallest absolute Gasteiger partial charge is 0.337 e. The fourth-order valence-electron chi connectivity index (χ4n) is 2.22. The molecule has 0 atom stereocenters. The molecule has 1 heterocycles. The van der Waals surface area contributed by atoms with E-state index < -0.39 is 11.7 Å². The molecule has 21 heavy (non-hydrogen) atoms. The Hall–Kier alpha value is -2.05. The Morgan fingerprint density at radius 1 is 1.29 bits per heavy atom. The van der Waals surface area contributed by atoms with Crippen molar-refractivity contribution in [2.24, 2.45) is 0 Å². The number of carboxylic acids is 1. The van der Waals surface area contributed by atoms with Gasteiger partial charge in [0.15, 0.2) is 0 Å². The summed E-state index contributed by atoms with van der Waals surface area (Å²) in [6.45, 7) is 0. The number of imidazole rings is 1. The number of H-pyrrole nitrogens is 1. The highest BCUT2D eigenvalue weighted by atomic mass is 79.9. The van der Waals surface area contributed by atoms with Crippen LogP contribution in [0.2, 0.25) is 5.02 Å². The summed E-state index contributed by atoms with van der Waals surface area (Å²) in [5, 5.41) is 9.66. The summed E-state index contributed by atoms with van der Waals surface area (Å²) in [6.07, 6.45) is 0. The first-order chi connectivity index (χ1) is 9.99. The maximum atomic E-state index is 12.2. The molecule has 0 unspecified atom stereocenters. The van der Waals surface area contributed by atoms with Gasteiger partial charge >= 0.3 is 11.7 Å². The number of hydrogen-bond acceptors (Lipinski definition) is 2. The molecule has 2 N–H and O–H groups in total. The average Bonchev–Trinajstić information content (AvgIpc) is 2.77. The Morgan fingerprint density at radius 3 is 2.76 bits per heavy atom. The fourth-order valence-corrected chi connectivity index (χ4v) is 2.77. The number of benzene rings is 2. The van der Waals surface area contributed by atoms with E-state index in [9.17, 15) is 14.7 Å². The Balaban J connectivity index is 2.48. The van der Waals surface area contributed by atoms with Crippen LogP contribution in [0.1, 0.15) is 10.4 Å². The van der Waals surface area contributed by atoms with Crippen molar-refractivity contribution in [2.45, 2.75) is 0 Å². The third-order valence-corrected chi connectivity index (χ3v) is 3.90. The Bertz CT molecular complexity index is 930. The van der Waals surface area contributed by atoms with Gasteiger partial charge in [0.1, 0.15) is 0 Å². The predicted octanol–water partition coefficient (Wildman–Crippen LogP) is 3.43. The predicted molar refractivity (Wildman–Crippen MR) is 83.6 cm³/mol. The number of aromatic amines is 1. The van der Waals surface area contributed by atoms with Crippen molar-refractivity contribution in [3.8, 4) is 5.69 Å². The molecule has 0 saturated heterocycles. The molecule has 7 heteroatoms. The van der Waals surface area contributed by atoms with Gasteiger partial charge < -0.3 is 10.1 Å². The monoisotopic (exact) mass is 366 g/mol. The zero-order valence-electron chi connectivity index (χ0n) is 10.4. The maximum absolute atomic E-state index is 12.2. The number of aromatic nitrogens is 2. The molecular weight excluding hydrogens is 360 g/mol. The summed E-state index contributed by atoms with van der Waals surface area (Å²) in [4.78, 5) is 26.2. The van der Waals surface area contributed by atoms with Gasteiger partial charge in [0, 0.05) is 4.47 Å². The lowest BCUT2D eigenvalue weighted by atomic mass is 10.2. The molecule has 0 aliphatic heterocycles. The van der Waals surface area contributed by atoms with Crippen LogP contribution >= 0.6 is 27.5 Å². The largest absolute Gasteiger partial charge is 0.478 e. The number of fused-ring (bicyclic) bond motifs is 1. The second-order valence-electron chi connectivity index (χ2n) is 4.37. The van der Waals surface area contributed by atoms with Gasteiger partial charge in [-0.1, -0.05) is 33.6 Å². The van der Waals surface area contributed by atoms with Crippen molar-refractivity contribution < 1.29 is 9.90 Å². The summed E-state index contributed by atoms with van der Waals surface area (Å²) in [5.41, 5.74) is 0.725. The summed E-state index contributed by atoms with van der Waals surface area (Å²) >= 11 is 9.47. The normalized spacial score (nSPS) is 11.0. The van der Waals surface area contributed by atoms with Crippen molar-refractivity contribution in [1.29, 1.82) is 0 Å². The molecule has 0 spiro atoms. The molecule has 0 aliphatic carbocycles. The summed E-state index contributed by atoms with van der Waals surface area (Å²) in [5.74, 6) is -1.11. The van der Waals surface area contributed by atoms with Crippen LogP contribution in [0, 0.1) is 0 Å². The number of carboxylic acid groups (broad SMARTS) is 1. The van der Waals surface area contributed by atoms with E-state index in [2.05, 4.69) is 20.9 Å². The van der Waals surface area contributed by atoms with Crippen LogP contribution in [0.5, 0.6) is 0 Å². The van der Waals surface area contributed by atoms with Gasteiger partial charge in [0.2, 0.25) is 0 Å². The van der Waals surface area contributed by atoms with Crippen molar-refractivity contribution in [3.05, 3.63) is 61.9 Å². The highest BCUT2D eigenvalue weighted by Gasteiger charge is 2.18. The molecule has 0 radical (unpaired) electrons. The molecule has 0 fully saturated rings. The summed E-state index contributed by atoms with van der Waals surface area (Å²) < 4.78 is 2.00. The second-order valence-corrected chi connectivity index (χ2v) is 5.69. The van der Waals surface area contributed by atoms with Crippen molar-refractivity contribution in [3.63, 3.8) is 0 Å². The van der Waals surface area contributed by atoms with E-state index in [4.69, 9.17) is 11.6 Å². The molecule has 106 valence electrons. The highest BCUT2D eigenvalue weighted by molar-refractivity contribution is 9.10. The van der Waals surface area contributed by atoms with Gasteiger partial charge in [0.25, 0.3) is 0 Å². The quantitative estimate of drug-likeness (QED) is 0.728. The number of halogens is 2. The lowest BCUT2D eigenvalue weighted by molar-refractivity contribution is 0.0698. The van der Waals surface area contributed by atoms with E-state index in [0.29, 0.717) is 16.2 Å². The van der Waals surface area contributed by atoms with E-state index in [-0.39, 0.29) is 11.1 Å². The molecule has 1 aromatic heterocycles. The minimum absolute atomic E-state index is 0.0295. The van der Waals surface area contributed by atoms with Crippen LogP contribution in [-0.4, -0.2) is 20.6 Å². The molecule has 0 saturated carbocycles. The first-order valence-corrected chi connectivity index (χ1v) is 7.08. The molecule has 3 rings (SSSR count). The summed E-state index contributed by atoms with van der Waals surface area (Å²) in [6, 6.07) is 9.70. The SMILES string of the molecule is O=C(O)c1cccc2[nH]c(=O)n(-c3cc(Br)ccc3Cl)c12. The maximum Gasteiger partial charge on any atom is 0.337 e. The number of para-hydroxylation sites is 1. The molecule has 5 nitrogen and oxygen atoms in total. The topological polar surface area (TPSA) is 75.1 Å². The number of nitrogens with one attached hydrogen (secondary N) is 1. The van der Waals surface area contributed by atoms with Crippen LogP contribution in [-0.2, 0) is 0 Å². The van der Waals surface area contributed by atoms with Gasteiger partial charge in [-0.25, -0.2) is 9.59 Å². The van der Waals surface area contributed by atoms with Gasteiger partial charge in [-0.2, -0.15) is 0 Å². The highest BCUT2D eigenvalue weighted by Crippen LogP contribution is 2.27. The zero-order valence-corrected chi connectivity index (χ0v) is 12.8.